The Labute approximate surface area is 91.9 Å². The van der Waals surface area contributed by atoms with Crippen molar-refractivity contribution in [2.75, 3.05) is 10.8 Å². The maximum Gasteiger partial charge on any atom is 0.324 e. The van der Waals surface area contributed by atoms with Crippen LogP contribution in [0.2, 0.25) is 0 Å². The second kappa shape index (κ2) is 4.37. The smallest absolute Gasteiger partial charge is 0.324 e. The van der Waals surface area contributed by atoms with Gasteiger partial charge in [0.15, 0.2) is 0 Å². The summed E-state index contributed by atoms with van der Waals surface area (Å²) >= 11 is 0. The van der Waals surface area contributed by atoms with Gasteiger partial charge < -0.3 is 10.2 Å². The fourth-order valence-corrected chi connectivity index (χ4v) is 1.78. The van der Waals surface area contributed by atoms with Crippen LogP contribution in [0.15, 0.2) is 24.3 Å². The van der Waals surface area contributed by atoms with Crippen LogP contribution in [-0.2, 0) is 15.0 Å². The lowest BCUT2D eigenvalue weighted by Gasteiger charge is -2.19. The molecule has 88 valence electrons. The molecule has 0 aromatic heterocycles. The molecule has 0 spiro atoms. The molecule has 7 nitrogen and oxygen atoms in total. The quantitative estimate of drug-likeness (QED) is 0.660. The van der Waals surface area contributed by atoms with Crippen molar-refractivity contribution < 1.29 is 23.4 Å². The number of rotatable bonds is 4. The highest BCUT2D eigenvalue weighted by Gasteiger charge is 2.20. The van der Waals surface area contributed by atoms with E-state index in [2.05, 4.69) is 0 Å². The summed E-state index contributed by atoms with van der Waals surface area (Å²) in [5, 5.41) is 22.4. The molecule has 0 heterocycles. The van der Waals surface area contributed by atoms with Gasteiger partial charge in [0.05, 0.1) is 5.69 Å². The molecular formula is C8H10N2O5S. The zero-order valence-corrected chi connectivity index (χ0v) is 8.88. The molecule has 1 aromatic rings. The highest BCUT2D eigenvalue weighted by molar-refractivity contribution is 7.90. The van der Waals surface area contributed by atoms with E-state index in [1.807, 2.05) is 0 Å². The Balaban J connectivity index is 3.11. The van der Waals surface area contributed by atoms with E-state index in [0.717, 1.165) is 0 Å². The van der Waals surface area contributed by atoms with Crippen LogP contribution in [0.3, 0.4) is 0 Å². The summed E-state index contributed by atoms with van der Waals surface area (Å²) in [4.78, 5) is 10.5. The van der Waals surface area contributed by atoms with E-state index in [0.29, 0.717) is 4.31 Å². The molecule has 0 aliphatic rings. The van der Waals surface area contributed by atoms with E-state index in [-0.39, 0.29) is 11.4 Å². The SMILES string of the molecule is NS(=O)(=O)N(CC(=O)O)c1ccc(O)cc1. The molecule has 0 radical (unpaired) electrons. The zero-order valence-electron chi connectivity index (χ0n) is 8.07. The number of nitrogens with zero attached hydrogens (tertiary/aromatic N) is 1. The van der Waals surface area contributed by atoms with Crippen molar-refractivity contribution in [1.82, 2.24) is 0 Å². The van der Waals surface area contributed by atoms with Crippen LogP contribution in [0.4, 0.5) is 5.69 Å². The summed E-state index contributed by atoms with van der Waals surface area (Å²) < 4.78 is 22.8. The predicted octanol–water partition coefficient (Wildman–Crippen LogP) is -0.513. The first-order valence-electron chi connectivity index (χ1n) is 4.12. The van der Waals surface area contributed by atoms with Gasteiger partial charge in [0.1, 0.15) is 12.3 Å². The number of nitrogens with two attached hydrogens (primary N) is 1. The van der Waals surface area contributed by atoms with Crippen LogP contribution in [0.5, 0.6) is 5.75 Å². The van der Waals surface area contributed by atoms with Gasteiger partial charge in [-0.3, -0.25) is 4.79 Å². The average molecular weight is 246 g/mol. The van der Waals surface area contributed by atoms with Crippen molar-refractivity contribution in [3.63, 3.8) is 0 Å². The molecule has 16 heavy (non-hydrogen) atoms. The van der Waals surface area contributed by atoms with Gasteiger partial charge in [-0.1, -0.05) is 0 Å². The number of benzene rings is 1. The monoisotopic (exact) mass is 246 g/mol. The van der Waals surface area contributed by atoms with Gasteiger partial charge in [0, 0.05) is 0 Å². The minimum Gasteiger partial charge on any atom is -0.508 e. The van der Waals surface area contributed by atoms with Crippen molar-refractivity contribution in [3.05, 3.63) is 24.3 Å². The van der Waals surface area contributed by atoms with E-state index in [9.17, 15) is 13.2 Å². The molecule has 8 heteroatoms. The Morgan fingerprint density at radius 1 is 1.31 bits per heavy atom. The van der Waals surface area contributed by atoms with Crippen LogP contribution in [-0.4, -0.2) is 31.1 Å². The lowest BCUT2D eigenvalue weighted by Crippen LogP contribution is -2.40. The molecule has 0 atom stereocenters. The van der Waals surface area contributed by atoms with E-state index >= 15 is 0 Å². The molecule has 0 fully saturated rings. The van der Waals surface area contributed by atoms with Crippen LogP contribution in [0.25, 0.3) is 0 Å². The van der Waals surface area contributed by atoms with Crippen LogP contribution < -0.4 is 9.44 Å². The predicted molar refractivity (Wildman–Crippen MR) is 56.2 cm³/mol. The molecule has 1 rings (SSSR count). The van der Waals surface area contributed by atoms with Crippen LogP contribution in [0.1, 0.15) is 0 Å². The Bertz CT molecular complexity index is 482. The largest absolute Gasteiger partial charge is 0.508 e. The lowest BCUT2D eigenvalue weighted by molar-refractivity contribution is -0.135. The summed E-state index contributed by atoms with van der Waals surface area (Å²) in [5.74, 6) is -1.39. The third-order valence-corrected chi connectivity index (χ3v) is 2.68. The number of carboxylic acid groups (broad SMARTS) is 1. The molecule has 0 unspecified atom stereocenters. The summed E-state index contributed by atoms with van der Waals surface area (Å²) in [6.07, 6.45) is 0. The minimum absolute atomic E-state index is 0.0616. The Morgan fingerprint density at radius 2 is 1.81 bits per heavy atom. The number of phenolic OH excluding ortho intramolecular Hbond substituents is 1. The number of hydrogen-bond acceptors (Lipinski definition) is 4. The lowest BCUT2D eigenvalue weighted by atomic mass is 10.3. The van der Waals surface area contributed by atoms with Crippen molar-refractivity contribution in [2.24, 2.45) is 5.14 Å². The molecule has 0 saturated heterocycles. The number of carboxylic acids is 1. The average Bonchev–Trinajstić information content (AvgIpc) is 2.14. The van der Waals surface area contributed by atoms with Gasteiger partial charge in [-0.25, -0.2) is 9.44 Å². The Kier molecular flexibility index (Phi) is 3.35. The third-order valence-electron chi connectivity index (χ3n) is 1.72. The molecule has 1 aromatic carbocycles. The maximum absolute atomic E-state index is 11.1. The maximum atomic E-state index is 11.1. The standard InChI is InChI=1S/C8H10N2O5S/c9-16(14,15)10(5-8(12)13)6-1-3-7(11)4-2-6/h1-4,11H,5H2,(H,12,13)(H2,9,14,15). The second-order valence-electron chi connectivity index (χ2n) is 2.96. The zero-order chi connectivity index (χ0) is 12.3. The van der Waals surface area contributed by atoms with Crippen LogP contribution in [0, 0.1) is 0 Å². The molecule has 0 aliphatic carbocycles. The van der Waals surface area contributed by atoms with E-state index in [4.69, 9.17) is 15.4 Å². The van der Waals surface area contributed by atoms with Crippen molar-refractivity contribution in [2.45, 2.75) is 0 Å². The number of hydrogen-bond donors (Lipinski definition) is 3. The third kappa shape index (κ3) is 3.11. The minimum atomic E-state index is -4.16. The van der Waals surface area contributed by atoms with Crippen molar-refractivity contribution in [1.29, 1.82) is 0 Å². The Morgan fingerprint density at radius 3 is 2.19 bits per heavy atom. The van der Waals surface area contributed by atoms with E-state index in [1.54, 1.807) is 0 Å². The molecule has 0 aliphatic heterocycles. The fraction of sp³-hybridized carbons (Fsp3) is 0.125. The van der Waals surface area contributed by atoms with Gasteiger partial charge in [-0.15, -0.1) is 0 Å². The van der Waals surface area contributed by atoms with Gasteiger partial charge in [0.2, 0.25) is 0 Å². The van der Waals surface area contributed by atoms with Crippen LogP contribution >= 0.6 is 0 Å². The first-order chi connectivity index (χ1) is 7.30. The normalized spacial score (nSPS) is 11.1. The number of anilines is 1. The summed E-state index contributed by atoms with van der Waals surface area (Å²) in [6, 6.07) is 4.97. The molecule has 0 bridgehead atoms. The summed E-state index contributed by atoms with van der Waals surface area (Å²) in [6.45, 7) is -0.774. The van der Waals surface area contributed by atoms with Crippen molar-refractivity contribution >= 4 is 21.9 Å². The van der Waals surface area contributed by atoms with Gasteiger partial charge >= 0.3 is 5.97 Å². The number of carbonyl (C=O) groups is 1. The summed E-state index contributed by atoms with van der Waals surface area (Å²) in [7, 11) is -4.16. The van der Waals surface area contributed by atoms with Gasteiger partial charge in [0.25, 0.3) is 10.2 Å². The van der Waals surface area contributed by atoms with E-state index in [1.165, 1.54) is 24.3 Å². The molecule has 0 saturated carbocycles. The second-order valence-corrected chi connectivity index (χ2v) is 4.43. The Hall–Kier alpha value is -1.80. The fourth-order valence-electron chi connectivity index (χ4n) is 1.07. The molecular weight excluding hydrogens is 236 g/mol. The highest BCUT2D eigenvalue weighted by atomic mass is 32.2. The number of aromatic hydroxyl groups is 1. The topological polar surface area (TPSA) is 121 Å². The molecule has 4 N–H and O–H groups in total. The highest BCUT2D eigenvalue weighted by Crippen LogP contribution is 2.19. The van der Waals surface area contributed by atoms with Gasteiger partial charge in [-0.2, -0.15) is 8.42 Å². The molecule has 0 amide bonds. The number of aliphatic carboxylic acids is 1. The first kappa shape index (κ1) is 12.3. The van der Waals surface area contributed by atoms with Crippen molar-refractivity contribution in [3.8, 4) is 5.75 Å². The number of phenols is 1. The van der Waals surface area contributed by atoms with Gasteiger partial charge in [-0.05, 0) is 24.3 Å². The van der Waals surface area contributed by atoms with E-state index < -0.39 is 22.7 Å². The first-order valence-corrected chi connectivity index (χ1v) is 5.62. The summed E-state index contributed by atoms with van der Waals surface area (Å²) in [5.41, 5.74) is 0.0719.